The Morgan fingerprint density at radius 3 is 2.57 bits per heavy atom. The highest BCUT2D eigenvalue weighted by atomic mass is 35.5. The Morgan fingerprint density at radius 1 is 1.43 bits per heavy atom. The van der Waals surface area contributed by atoms with Gasteiger partial charge in [0.1, 0.15) is 5.82 Å². The van der Waals surface area contributed by atoms with Gasteiger partial charge in [-0.25, -0.2) is 4.98 Å². The summed E-state index contributed by atoms with van der Waals surface area (Å²) in [5.41, 5.74) is 2.15. The smallest absolute Gasteiger partial charge is 0.129 e. The number of pyridine rings is 1. The van der Waals surface area contributed by atoms with Crippen LogP contribution >= 0.6 is 11.6 Å². The van der Waals surface area contributed by atoms with Gasteiger partial charge in [0, 0.05) is 24.7 Å². The molecule has 1 aromatic rings. The van der Waals surface area contributed by atoms with Gasteiger partial charge in [-0.3, -0.25) is 0 Å². The standard InChI is InChI=1S/C11H17ClN2/c1-8(2)14(4)11-6-10(7-12)5-9(3)13-11/h5-6,8H,7H2,1-4H3. The zero-order chi connectivity index (χ0) is 10.7. The van der Waals surface area contributed by atoms with E-state index < -0.39 is 0 Å². The molecule has 1 aromatic heterocycles. The maximum absolute atomic E-state index is 5.81. The van der Waals surface area contributed by atoms with Gasteiger partial charge in [0.15, 0.2) is 0 Å². The van der Waals surface area contributed by atoms with Gasteiger partial charge in [-0.15, -0.1) is 11.6 Å². The molecular weight excluding hydrogens is 196 g/mol. The molecule has 0 amide bonds. The molecule has 0 saturated heterocycles. The highest BCUT2D eigenvalue weighted by Crippen LogP contribution is 2.16. The van der Waals surface area contributed by atoms with Crippen molar-refractivity contribution in [2.45, 2.75) is 32.7 Å². The Balaban J connectivity index is 3.02. The van der Waals surface area contributed by atoms with E-state index in [0.29, 0.717) is 11.9 Å². The molecule has 14 heavy (non-hydrogen) atoms. The number of hydrogen-bond acceptors (Lipinski definition) is 2. The molecule has 1 heterocycles. The molecule has 0 bridgehead atoms. The fourth-order valence-electron chi connectivity index (χ4n) is 1.24. The van der Waals surface area contributed by atoms with Crippen LogP contribution in [0.4, 0.5) is 5.82 Å². The molecule has 0 unspecified atom stereocenters. The second-order valence-corrected chi connectivity index (χ2v) is 4.08. The van der Waals surface area contributed by atoms with Crippen LogP contribution in [0, 0.1) is 6.92 Å². The molecular formula is C11H17ClN2. The second kappa shape index (κ2) is 4.65. The summed E-state index contributed by atoms with van der Waals surface area (Å²) in [6, 6.07) is 4.51. The van der Waals surface area contributed by atoms with Crippen molar-refractivity contribution in [3.63, 3.8) is 0 Å². The third-order valence-corrected chi connectivity index (χ3v) is 2.60. The van der Waals surface area contributed by atoms with Crippen LogP contribution in [-0.4, -0.2) is 18.1 Å². The van der Waals surface area contributed by atoms with Crippen LogP contribution in [0.5, 0.6) is 0 Å². The average molecular weight is 213 g/mol. The first-order valence-electron chi connectivity index (χ1n) is 4.81. The Bertz CT molecular complexity index is 310. The number of nitrogens with zero attached hydrogens (tertiary/aromatic N) is 2. The predicted molar refractivity (Wildman–Crippen MR) is 62.1 cm³/mol. The first kappa shape index (κ1) is 11.3. The highest BCUT2D eigenvalue weighted by molar-refractivity contribution is 6.17. The largest absolute Gasteiger partial charge is 0.357 e. The summed E-state index contributed by atoms with van der Waals surface area (Å²) >= 11 is 5.81. The third-order valence-electron chi connectivity index (χ3n) is 2.29. The van der Waals surface area contributed by atoms with E-state index >= 15 is 0 Å². The van der Waals surface area contributed by atoms with E-state index in [1.807, 2.05) is 26.1 Å². The topological polar surface area (TPSA) is 16.1 Å². The highest BCUT2D eigenvalue weighted by Gasteiger charge is 2.07. The summed E-state index contributed by atoms with van der Waals surface area (Å²) < 4.78 is 0. The quantitative estimate of drug-likeness (QED) is 0.717. The van der Waals surface area contributed by atoms with Crippen LogP contribution in [0.2, 0.25) is 0 Å². The normalized spacial score (nSPS) is 10.7. The van der Waals surface area contributed by atoms with E-state index in [2.05, 4.69) is 23.7 Å². The molecule has 2 nitrogen and oxygen atoms in total. The van der Waals surface area contributed by atoms with Gasteiger partial charge in [0.05, 0.1) is 0 Å². The fourth-order valence-corrected chi connectivity index (χ4v) is 1.40. The van der Waals surface area contributed by atoms with Crippen molar-refractivity contribution in [1.82, 2.24) is 4.98 Å². The summed E-state index contributed by atoms with van der Waals surface area (Å²) in [6.45, 7) is 6.28. The molecule has 0 atom stereocenters. The minimum Gasteiger partial charge on any atom is -0.357 e. The minimum absolute atomic E-state index is 0.451. The third kappa shape index (κ3) is 2.61. The molecule has 0 aliphatic heterocycles. The SMILES string of the molecule is Cc1cc(CCl)cc(N(C)C(C)C)n1. The lowest BCUT2D eigenvalue weighted by atomic mass is 10.2. The van der Waals surface area contributed by atoms with Crippen molar-refractivity contribution in [3.05, 3.63) is 23.4 Å². The fraction of sp³-hybridized carbons (Fsp3) is 0.545. The van der Waals surface area contributed by atoms with Gasteiger partial charge < -0.3 is 4.90 Å². The predicted octanol–water partition coefficient (Wildman–Crippen LogP) is 2.97. The monoisotopic (exact) mass is 212 g/mol. The van der Waals surface area contributed by atoms with Crippen molar-refractivity contribution < 1.29 is 0 Å². The molecule has 0 aliphatic carbocycles. The Kier molecular flexibility index (Phi) is 3.76. The van der Waals surface area contributed by atoms with Gasteiger partial charge in [-0.05, 0) is 38.5 Å². The maximum Gasteiger partial charge on any atom is 0.129 e. The zero-order valence-electron chi connectivity index (χ0n) is 9.21. The lowest BCUT2D eigenvalue weighted by Gasteiger charge is -2.23. The number of rotatable bonds is 3. The summed E-state index contributed by atoms with van der Waals surface area (Å²) in [5.74, 6) is 1.54. The van der Waals surface area contributed by atoms with E-state index in [4.69, 9.17) is 11.6 Å². The van der Waals surface area contributed by atoms with Crippen LogP contribution < -0.4 is 4.90 Å². The molecule has 0 fully saturated rings. The molecule has 0 radical (unpaired) electrons. The zero-order valence-corrected chi connectivity index (χ0v) is 9.97. The average Bonchev–Trinajstić information content (AvgIpc) is 2.15. The lowest BCUT2D eigenvalue weighted by Crippen LogP contribution is -2.26. The van der Waals surface area contributed by atoms with Gasteiger partial charge in [0.25, 0.3) is 0 Å². The minimum atomic E-state index is 0.451. The van der Waals surface area contributed by atoms with Gasteiger partial charge in [-0.1, -0.05) is 0 Å². The van der Waals surface area contributed by atoms with E-state index in [0.717, 1.165) is 17.1 Å². The summed E-state index contributed by atoms with van der Waals surface area (Å²) in [7, 11) is 2.05. The van der Waals surface area contributed by atoms with Crippen molar-refractivity contribution in [2.75, 3.05) is 11.9 Å². The van der Waals surface area contributed by atoms with Gasteiger partial charge in [0.2, 0.25) is 0 Å². The number of halogens is 1. The van der Waals surface area contributed by atoms with E-state index in [1.165, 1.54) is 0 Å². The number of hydrogen-bond donors (Lipinski definition) is 0. The van der Waals surface area contributed by atoms with E-state index in [1.54, 1.807) is 0 Å². The van der Waals surface area contributed by atoms with Gasteiger partial charge in [-0.2, -0.15) is 0 Å². The molecule has 0 saturated carbocycles. The maximum atomic E-state index is 5.81. The van der Waals surface area contributed by atoms with Crippen molar-refractivity contribution in [2.24, 2.45) is 0 Å². The number of aryl methyl sites for hydroxylation is 1. The molecule has 0 N–H and O–H groups in total. The molecule has 0 aliphatic rings. The van der Waals surface area contributed by atoms with Crippen LogP contribution in [0.1, 0.15) is 25.1 Å². The number of aromatic nitrogens is 1. The van der Waals surface area contributed by atoms with E-state index in [-0.39, 0.29) is 0 Å². The van der Waals surface area contributed by atoms with Crippen molar-refractivity contribution >= 4 is 17.4 Å². The molecule has 0 aromatic carbocycles. The van der Waals surface area contributed by atoms with Crippen LogP contribution in [0.3, 0.4) is 0 Å². The molecule has 1 rings (SSSR count). The van der Waals surface area contributed by atoms with Gasteiger partial charge >= 0.3 is 0 Å². The molecule has 0 spiro atoms. The summed E-state index contributed by atoms with van der Waals surface area (Å²) in [6.07, 6.45) is 0. The van der Waals surface area contributed by atoms with Crippen molar-refractivity contribution in [3.8, 4) is 0 Å². The van der Waals surface area contributed by atoms with Crippen LogP contribution in [0.25, 0.3) is 0 Å². The summed E-state index contributed by atoms with van der Waals surface area (Å²) in [5, 5.41) is 0. The molecule has 78 valence electrons. The Hall–Kier alpha value is -0.760. The summed E-state index contributed by atoms with van der Waals surface area (Å²) in [4.78, 5) is 6.61. The Morgan fingerprint density at radius 2 is 2.07 bits per heavy atom. The first-order chi connectivity index (χ1) is 6.54. The molecule has 3 heteroatoms. The lowest BCUT2D eigenvalue weighted by molar-refractivity contribution is 0.741. The number of alkyl halides is 1. The van der Waals surface area contributed by atoms with Crippen LogP contribution in [-0.2, 0) is 5.88 Å². The van der Waals surface area contributed by atoms with Crippen molar-refractivity contribution in [1.29, 1.82) is 0 Å². The number of anilines is 1. The second-order valence-electron chi connectivity index (χ2n) is 3.81. The first-order valence-corrected chi connectivity index (χ1v) is 5.34. The van der Waals surface area contributed by atoms with Crippen LogP contribution in [0.15, 0.2) is 12.1 Å². The Labute approximate surface area is 90.9 Å². The van der Waals surface area contributed by atoms with E-state index in [9.17, 15) is 0 Å².